The van der Waals surface area contributed by atoms with Gasteiger partial charge in [0.1, 0.15) is 11.5 Å². The van der Waals surface area contributed by atoms with Crippen molar-refractivity contribution < 1.29 is 24.1 Å². The molecule has 1 aliphatic rings. The number of carbonyl (C=O) groups excluding carboxylic acids is 1. The van der Waals surface area contributed by atoms with Crippen molar-refractivity contribution in [2.24, 2.45) is 0 Å². The first-order valence-electron chi connectivity index (χ1n) is 8.78. The molecule has 2 aromatic carbocycles. The Morgan fingerprint density at radius 2 is 2.15 bits per heavy atom. The van der Waals surface area contributed by atoms with E-state index in [0.29, 0.717) is 35.8 Å². The second-order valence-electron chi connectivity index (χ2n) is 5.97. The van der Waals surface area contributed by atoms with Crippen LogP contribution in [0.25, 0.3) is 6.08 Å². The predicted molar refractivity (Wildman–Crippen MR) is 106 cm³/mol. The molecule has 0 radical (unpaired) electrons. The van der Waals surface area contributed by atoms with Gasteiger partial charge in [-0.1, -0.05) is 19.1 Å². The van der Waals surface area contributed by atoms with Gasteiger partial charge in [0.25, 0.3) is 0 Å². The molecule has 142 valence electrons. The van der Waals surface area contributed by atoms with Gasteiger partial charge in [-0.15, -0.1) is 11.8 Å². The molecule has 6 heteroatoms. The number of allylic oxidation sites excluding steroid dienone is 1. The molecule has 0 aromatic heterocycles. The smallest absolute Gasteiger partial charge is 0.189 e. The topological polar surface area (TPSA) is 65.0 Å². The van der Waals surface area contributed by atoms with Crippen molar-refractivity contribution in [3.8, 4) is 23.0 Å². The average molecular weight is 386 g/mol. The molecule has 0 saturated carbocycles. The van der Waals surface area contributed by atoms with Gasteiger partial charge in [0, 0.05) is 11.8 Å². The Balaban J connectivity index is 1.87. The Labute approximate surface area is 162 Å². The van der Waals surface area contributed by atoms with E-state index >= 15 is 0 Å². The van der Waals surface area contributed by atoms with Gasteiger partial charge in [-0.05, 0) is 36.3 Å². The normalized spacial score (nSPS) is 13.1. The highest BCUT2D eigenvalue weighted by Gasteiger charge is 2.19. The molecule has 0 aliphatic carbocycles. The maximum atomic E-state index is 12.8. The number of hydrogen-bond acceptors (Lipinski definition) is 6. The van der Waals surface area contributed by atoms with Gasteiger partial charge >= 0.3 is 0 Å². The molecule has 0 unspecified atom stereocenters. The second kappa shape index (κ2) is 8.86. The van der Waals surface area contributed by atoms with Gasteiger partial charge in [0.05, 0.1) is 30.8 Å². The number of fused-ring (bicyclic) bond motifs is 1. The number of hydrogen-bond donors (Lipinski definition) is 1. The number of phenols is 1. The van der Waals surface area contributed by atoms with Gasteiger partial charge in [0.2, 0.25) is 0 Å². The molecule has 0 atom stereocenters. The lowest BCUT2D eigenvalue weighted by atomic mass is 10.1. The highest BCUT2D eigenvalue weighted by atomic mass is 32.2. The summed E-state index contributed by atoms with van der Waals surface area (Å²) in [5, 5.41) is 9.87. The zero-order chi connectivity index (χ0) is 19.2. The van der Waals surface area contributed by atoms with Gasteiger partial charge in [-0.25, -0.2) is 0 Å². The summed E-state index contributed by atoms with van der Waals surface area (Å²) in [4.78, 5) is 13.7. The second-order valence-corrected chi connectivity index (χ2v) is 7.11. The Morgan fingerprint density at radius 1 is 1.30 bits per heavy atom. The molecule has 0 spiro atoms. The number of ketones is 1. The van der Waals surface area contributed by atoms with Crippen LogP contribution in [0.15, 0.2) is 41.3 Å². The highest BCUT2D eigenvalue weighted by Crippen LogP contribution is 2.38. The van der Waals surface area contributed by atoms with E-state index < -0.39 is 0 Å². The van der Waals surface area contributed by atoms with E-state index in [2.05, 4.69) is 0 Å². The van der Waals surface area contributed by atoms with Gasteiger partial charge in [0.15, 0.2) is 17.3 Å². The van der Waals surface area contributed by atoms with Gasteiger partial charge in [-0.2, -0.15) is 0 Å². The largest absolute Gasteiger partial charge is 0.504 e. The third-order valence-corrected chi connectivity index (χ3v) is 5.00. The van der Waals surface area contributed by atoms with Crippen LogP contribution in [0, 0.1) is 0 Å². The summed E-state index contributed by atoms with van der Waals surface area (Å²) >= 11 is 1.67. The van der Waals surface area contributed by atoms with E-state index in [1.54, 1.807) is 42.1 Å². The molecule has 1 aliphatic heterocycles. The van der Waals surface area contributed by atoms with Crippen LogP contribution in [-0.2, 0) is 0 Å². The van der Waals surface area contributed by atoms with E-state index in [0.717, 1.165) is 22.8 Å². The van der Waals surface area contributed by atoms with Crippen LogP contribution < -0.4 is 14.2 Å². The summed E-state index contributed by atoms with van der Waals surface area (Å²) in [5.74, 6) is 2.41. The molecule has 1 N–H and O–H groups in total. The van der Waals surface area contributed by atoms with Crippen molar-refractivity contribution in [3.05, 3.63) is 47.5 Å². The number of rotatable bonds is 7. The van der Waals surface area contributed by atoms with Crippen molar-refractivity contribution >= 4 is 23.6 Å². The number of benzene rings is 2. The number of aromatic hydroxyl groups is 1. The maximum absolute atomic E-state index is 12.8. The summed E-state index contributed by atoms with van der Waals surface area (Å²) in [6.45, 7) is 3.20. The Morgan fingerprint density at radius 3 is 2.89 bits per heavy atom. The highest BCUT2D eigenvalue weighted by molar-refractivity contribution is 7.99. The first-order chi connectivity index (χ1) is 13.1. The zero-order valence-electron chi connectivity index (χ0n) is 15.4. The fourth-order valence-corrected chi connectivity index (χ4v) is 3.51. The van der Waals surface area contributed by atoms with Crippen molar-refractivity contribution in [2.75, 3.05) is 26.1 Å². The minimum atomic E-state index is -0.162. The molecule has 3 rings (SSSR count). The molecule has 0 fully saturated rings. The number of carbonyl (C=O) groups is 1. The lowest BCUT2D eigenvalue weighted by Crippen LogP contribution is -2.09. The molecule has 0 bridgehead atoms. The SMILES string of the molecule is CCCOc1cc2c(cc1C(=O)/C=C/c1ccc(OC)c(O)c1)SCCO2. The number of phenolic OH excluding ortho intramolecular Hbond substituents is 1. The van der Waals surface area contributed by atoms with Crippen LogP contribution in [0.4, 0.5) is 0 Å². The number of methoxy groups -OCH3 is 1. The quantitative estimate of drug-likeness (QED) is 0.555. The van der Waals surface area contributed by atoms with Gasteiger partial charge < -0.3 is 19.3 Å². The van der Waals surface area contributed by atoms with Crippen LogP contribution in [-0.4, -0.2) is 37.0 Å². The number of ether oxygens (including phenoxy) is 3. The first-order valence-corrected chi connectivity index (χ1v) is 9.76. The lowest BCUT2D eigenvalue weighted by Gasteiger charge is -2.19. The average Bonchev–Trinajstić information content (AvgIpc) is 2.69. The van der Waals surface area contributed by atoms with Crippen LogP contribution in [0.1, 0.15) is 29.3 Å². The molecule has 0 amide bonds. The fraction of sp³-hybridized carbons (Fsp3) is 0.286. The maximum Gasteiger partial charge on any atom is 0.189 e. The minimum absolute atomic E-state index is 0.0291. The van der Waals surface area contributed by atoms with Gasteiger partial charge in [-0.3, -0.25) is 4.79 Å². The van der Waals surface area contributed by atoms with E-state index in [9.17, 15) is 9.90 Å². The lowest BCUT2D eigenvalue weighted by molar-refractivity contribution is 0.104. The summed E-state index contributed by atoms with van der Waals surface area (Å²) in [7, 11) is 1.49. The Kier molecular flexibility index (Phi) is 6.29. The number of thioether (sulfide) groups is 1. The summed E-state index contributed by atoms with van der Waals surface area (Å²) in [6.07, 6.45) is 3.99. The Bertz CT molecular complexity index is 860. The minimum Gasteiger partial charge on any atom is -0.504 e. The van der Waals surface area contributed by atoms with E-state index in [1.165, 1.54) is 13.2 Å². The molecule has 27 heavy (non-hydrogen) atoms. The fourth-order valence-electron chi connectivity index (χ4n) is 2.67. The Hall–Kier alpha value is -2.60. The van der Waals surface area contributed by atoms with Crippen LogP contribution in [0.3, 0.4) is 0 Å². The third kappa shape index (κ3) is 4.57. The standard InChI is InChI=1S/C21H22O5S/c1-3-8-25-19-13-20-21(27-10-9-26-20)12-15(19)16(22)6-4-14-5-7-18(24-2)17(23)11-14/h4-7,11-13,23H,3,8-10H2,1-2H3/b6-4+. The van der Waals surface area contributed by atoms with E-state index in [4.69, 9.17) is 14.2 Å². The van der Waals surface area contributed by atoms with Crippen molar-refractivity contribution in [3.63, 3.8) is 0 Å². The summed E-state index contributed by atoms with van der Waals surface area (Å²) in [6, 6.07) is 8.61. The molecule has 2 aromatic rings. The van der Waals surface area contributed by atoms with E-state index in [-0.39, 0.29) is 11.5 Å². The van der Waals surface area contributed by atoms with Crippen molar-refractivity contribution in [1.29, 1.82) is 0 Å². The predicted octanol–water partition coefficient (Wildman–Crippen LogP) is 4.57. The molecule has 5 nitrogen and oxygen atoms in total. The molecule has 0 saturated heterocycles. The third-order valence-electron chi connectivity index (χ3n) is 4.00. The van der Waals surface area contributed by atoms with Crippen LogP contribution >= 0.6 is 11.8 Å². The van der Waals surface area contributed by atoms with Crippen LogP contribution in [0.5, 0.6) is 23.0 Å². The molecular formula is C21H22O5S. The zero-order valence-corrected chi connectivity index (χ0v) is 16.2. The van der Waals surface area contributed by atoms with Crippen molar-refractivity contribution in [1.82, 2.24) is 0 Å². The van der Waals surface area contributed by atoms with Crippen LogP contribution in [0.2, 0.25) is 0 Å². The molecule has 1 heterocycles. The molecular weight excluding hydrogens is 364 g/mol. The summed E-state index contributed by atoms with van der Waals surface area (Å²) in [5.41, 5.74) is 1.21. The van der Waals surface area contributed by atoms with E-state index in [1.807, 2.05) is 13.0 Å². The first kappa shape index (κ1) is 19.2. The summed E-state index contributed by atoms with van der Waals surface area (Å²) < 4.78 is 16.5. The monoisotopic (exact) mass is 386 g/mol. The van der Waals surface area contributed by atoms with Crippen molar-refractivity contribution in [2.45, 2.75) is 18.2 Å².